The number of hydrogen-bond acceptors (Lipinski definition) is 9. The molecule has 1 saturated carbocycles. The number of rotatable bonds is 22. The maximum Gasteiger partial charge on any atom is 0.338 e. The van der Waals surface area contributed by atoms with Gasteiger partial charge < -0.3 is 37.6 Å². The number of hydrogen-bond donors (Lipinski definition) is 0. The molecule has 0 N–H and O–H groups in total. The van der Waals surface area contributed by atoms with Crippen molar-refractivity contribution in [3.8, 4) is 0 Å². The van der Waals surface area contributed by atoms with Gasteiger partial charge in [0, 0.05) is 11.8 Å². The molecule has 7 aromatic rings. The highest BCUT2D eigenvalue weighted by Crippen LogP contribution is 2.42. The van der Waals surface area contributed by atoms with Crippen molar-refractivity contribution in [3.05, 3.63) is 240 Å². The Balaban J connectivity index is 1.10. The Labute approximate surface area is 451 Å². The summed E-state index contributed by atoms with van der Waals surface area (Å²) in [5.74, 6) is -0.988. The Kier molecular flexibility index (Phi) is 19.0. The predicted octanol–water partition coefficient (Wildman–Crippen LogP) is 12.0. The summed E-state index contributed by atoms with van der Waals surface area (Å²) in [6.07, 6.45) is -4.30. The van der Waals surface area contributed by atoms with Crippen LogP contribution in [0.2, 0.25) is 5.04 Å². The van der Waals surface area contributed by atoms with Crippen molar-refractivity contribution in [1.82, 2.24) is 0 Å². The number of esters is 1. The van der Waals surface area contributed by atoms with E-state index >= 15 is 0 Å². The Bertz CT molecular complexity index is 2750. The van der Waals surface area contributed by atoms with Gasteiger partial charge in [-0.05, 0) is 63.1 Å². The molecule has 2 fully saturated rings. The Morgan fingerprint density at radius 3 is 1.39 bits per heavy atom. The summed E-state index contributed by atoms with van der Waals surface area (Å²) in [5, 5.41) is 2.10. The molecule has 0 spiro atoms. The molecule has 0 bridgehead atoms. The monoisotopic (exact) mass is 1040 g/mol. The van der Waals surface area contributed by atoms with E-state index in [0.29, 0.717) is 45.0 Å². The zero-order chi connectivity index (χ0) is 52.7. The maximum atomic E-state index is 14.3. The average molecular weight is 1040 g/mol. The summed E-state index contributed by atoms with van der Waals surface area (Å²) in [6.45, 7) is 13.0. The fraction of sp³-hybridized carbons (Fsp3) is 0.348. The van der Waals surface area contributed by atoms with Crippen LogP contribution in [0.3, 0.4) is 0 Å². The van der Waals surface area contributed by atoms with Crippen LogP contribution >= 0.6 is 0 Å². The van der Waals surface area contributed by atoms with Gasteiger partial charge in [0.2, 0.25) is 0 Å². The maximum absolute atomic E-state index is 14.3. The largest absolute Gasteiger partial charge is 0.453 e. The third kappa shape index (κ3) is 13.5. The number of ether oxygens (including phenoxy) is 7. The molecule has 1 aliphatic carbocycles. The van der Waals surface area contributed by atoms with E-state index in [1.807, 2.05) is 97.9 Å². The second kappa shape index (κ2) is 26.3. The SMILES string of the molecule is CC1OC(CO[Si](c2ccccc2)(c2ccccc2)C(C)(C)C)C(C)C(OC2CC(COCc3ccccc3)C(OCc3ccccc3)C(OCc3ccccc3)C2OCc2ccccc2)C1OC(=O)c1ccccc1. The molecule has 0 radical (unpaired) electrons. The molecule has 10 unspecified atom stereocenters. The first-order chi connectivity index (χ1) is 37.1. The topological polar surface area (TPSA) is 90.9 Å². The first-order valence-corrected chi connectivity index (χ1v) is 28.9. The molecule has 10 heteroatoms. The van der Waals surface area contributed by atoms with Crippen LogP contribution in [0.25, 0.3) is 0 Å². The van der Waals surface area contributed by atoms with Crippen molar-refractivity contribution >= 4 is 24.7 Å². The molecule has 1 aliphatic heterocycles. The van der Waals surface area contributed by atoms with Crippen LogP contribution in [0.4, 0.5) is 0 Å². The molecule has 9 nitrogen and oxygen atoms in total. The van der Waals surface area contributed by atoms with Crippen molar-refractivity contribution in [2.24, 2.45) is 11.8 Å². The van der Waals surface area contributed by atoms with Gasteiger partial charge in [0.05, 0.1) is 69.6 Å². The van der Waals surface area contributed by atoms with Gasteiger partial charge in [-0.1, -0.05) is 228 Å². The lowest BCUT2D eigenvalue weighted by Crippen LogP contribution is -2.68. The predicted molar refractivity (Wildman–Crippen MR) is 301 cm³/mol. The Morgan fingerprint density at radius 2 is 0.921 bits per heavy atom. The van der Waals surface area contributed by atoms with Crippen LogP contribution < -0.4 is 10.4 Å². The molecule has 396 valence electrons. The summed E-state index contributed by atoms with van der Waals surface area (Å²) in [6, 6.07) is 71.3. The Morgan fingerprint density at radius 1 is 0.500 bits per heavy atom. The quantitative estimate of drug-likeness (QED) is 0.0486. The molecule has 1 saturated heterocycles. The second-order valence-corrected chi connectivity index (χ2v) is 25.7. The van der Waals surface area contributed by atoms with Crippen LogP contribution in [0.15, 0.2) is 212 Å². The lowest BCUT2D eigenvalue weighted by Gasteiger charge is -2.50. The van der Waals surface area contributed by atoms with Crippen LogP contribution in [0.1, 0.15) is 73.7 Å². The third-order valence-electron chi connectivity index (χ3n) is 15.1. The van der Waals surface area contributed by atoms with E-state index in [9.17, 15) is 4.79 Å². The fourth-order valence-electron chi connectivity index (χ4n) is 11.1. The average Bonchev–Trinajstić information content (AvgIpc) is 3.50. The number of carbonyl (C=O) groups is 1. The highest BCUT2D eigenvalue weighted by Gasteiger charge is 2.55. The summed E-state index contributed by atoms with van der Waals surface area (Å²) >= 11 is 0. The van der Waals surface area contributed by atoms with Gasteiger partial charge in [-0.2, -0.15) is 0 Å². The smallest absolute Gasteiger partial charge is 0.338 e. The van der Waals surface area contributed by atoms with E-state index in [0.717, 1.165) is 22.3 Å². The highest BCUT2D eigenvalue weighted by molar-refractivity contribution is 6.99. The minimum Gasteiger partial charge on any atom is -0.453 e. The van der Waals surface area contributed by atoms with Crippen molar-refractivity contribution in [2.75, 3.05) is 13.2 Å². The molecule has 0 aromatic heterocycles. The minimum atomic E-state index is -2.99. The summed E-state index contributed by atoms with van der Waals surface area (Å²) in [7, 11) is -2.99. The molecule has 76 heavy (non-hydrogen) atoms. The number of benzene rings is 7. The molecule has 7 aromatic carbocycles. The van der Waals surface area contributed by atoms with Crippen molar-refractivity contribution in [2.45, 2.75) is 121 Å². The molecule has 2 aliphatic rings. The van der Waals surface area contributed by atoms with Crippen LogP contribution in [-0.4, -0.2) is 76.3 Å². The molecular formula is C66H74O9Si. The fourth-order valence-corrected chi connectivity index (χ4v) is 15.7. The van der Waals surface area contributed by atoms with Gasteiger partial charge in [0.15, 0.2) is 6.10 Å². The highest BCUT2D eigenvalue weighted by atomic mass is 28.4. The standard InChI is InChI=1S/C66H74O9Si/c1-48-59(47-72-76(66(3,4)5,56-37-23-11-24-38-56)57-39-25-12-26-40-57)73-49(2)61(75-65(67)54-35-21-10-22-36-54)60(48)74-58-41-55(46-68-42-50-27-13-6-14-28-50)62(69-43-51-29-15-7-16-30-51)64(71-45-53-33-19-9-20-34-53)63(58)70-44-52-31-17-8-18-32-52/h6-40,48-49,55,58-64H,41-47H2,1-5H3. The van der Waals surface area contributed by atoms with Gasteiger partial charge in [-0.3, -0.25) is 0 Å². The minimum absolute atomic E-state index is 0.207. The van der Waals surface area contributed by atoms with Gasteiger partial charge in [0.25, 0.3) is 8.32 Å². The zero-order valence-corrected chi connectivity index (χ0v) is 45.6. The second-order valence-electron chi connectivity index (χ2n) is 21.4. The Hall–Kier alpha value is -6.05. The van der Waals surface area contributed by atoms with Crippen molar-refractivity contribution < 1.29 is 42.4 Å². The lowest BCUT2D eigenvalue weighted by atomic mass is 9.79. The van der Waals surface area contributed by atoms with E-state index in [1.165, 1.54) is 10.4 Å². The van der Waals surface area contributed by atoms with Crippen molar-refractivity contribution in [3.63, 3.8) is 0 Å². The van der Waals surface area contributed by atoms with Crippen LogP contribution in [-0.2, 0) is 64.0 Å². The van der Waals surface area contributed by atoms with Gasteiger partial charge in [-0.25, -0.2) is 4.79 Å². The third-order valence-corrected chi connectivity index (χ3v) is 20.1. The molecular weight excluding hydrogens is 965 g/mol. The van der Waals surface area contributed by atoms with Gasteiger partial charge in [-0.15, -0.1) is 0 Å². The van der Waals surface area contributed by atoms with Crippen LogP contribution in [0.5, 0.6) is 0 Å². The molecule has 1 heterocycles. The lowest BCUT2D eigenvalue weighted by molar-refractivity contribution is -0.271. The van der Waals surface area contributed by atoms with Gasteiger partial charge >= 0.3 is 5.97 Å². The molecule has 10 atom stereocenters. The van der Waals surface area contributed by atoms with Crippen molar-refractivity contribution in [1.29, 1.82) is 0 Å². The zero-order valence-electron chi connectivity index (χ0n) is 44.6. The normalized spacial score (nSPS) is 23.9. The first kappa shape index (κ1) is 54.7. The summed E-state index contributed by atoms with van der Waals surface area (Å²) < 4.78 is 57.1. The van der Waals surface area contributed by atoms with E-state index in [-0.39, 0.29) is 23.5 Å². The number of carbonyl (C=O) groups excluding carboxylic acids is 1. The van der Waals surface area contributed by atoms with E-state index in [4.69, 9.17) is 37.6 Å². The van der Waals surface area contributed by atoms with E-state index in [2.05, 4.69) is 137 Å². The van der Waals surface area contributed by atoms with E-state index in [1.54, 1.807) is 12.1 Å². The summed E-state index contributed by atoms with van der Waals surface area (Å²) in [5.41, 5.74) is 4.61. The molecule has 9 rings (SSSR count). The first-order valence-electron chi connectivity index (χ1n) is 27.0. The van der Waals surface area contributed by atoms with Crippen LogP contribution in [0, 0.1) is 11.8 Å². The van der Waals surface area contributed by atoms with E-state index < -0.39 is 63.1 Å². The summed E-state index contributed by atoms with van der Waals surface area (Å²) in [4.78, 5) is 14.3. The van der Waals surface area contributed by atoms with Gasteiger partial charge in [0.1, 0.15) is 18.3 Å². The molecule has 0 amide bonds.